The summed E-state index contributed by atoms with van der Waals surface area (Å²) in [6.45, 7) is 27.6. The molecular weight excluding hydrogens is 624 g/mol. The zero-order chi connectivity index (χ0) is 38.7. The molecule has 0 saturated carbocycles. The van der Waals surface area contributed by atoms with Crippen molar-refractivity contribution >= 4 is 0 Å². The Morgan fingerprint density at radius 2 is 0.640 bits per heavy atom. The molecule has 2 aliphatic rings. The number of phenolic OH excluding ortho intramolecular Hbond substituents is 2. The molecule has 0 amide bonds. The Hall–Kier alpha value is -4.00. The molecule has 4 aromatic carbocycles. The van der Waals surface area contributed by atoms with Crippen molar-refractivity contribution in [3.8, 4) is 23.0 Å². The van der Waals surface area contributed by atoms with E-state index in [0.29, 0.717) is 36.9 Å². The number of epoxide rings is 2. The van der Waals surface area contributed by atoms with E-state index in [2.05, 4.69) is 27.7 Å². The van der Waals surface area contributed by atoms with Crippen LogP contribution in [0, 0.1) is 0 Å². The molecule has 2 aliphatic heterocycles. The molecule has 6 rings (SSSR count). The molecule has 50 heavy (non-hydrogen) atoms. The van der Waals surface area contributed by atoms with Gasteiger partial charge in [-0.05, 0) is 48.5 Å². The van der Waals surface area contributed by atoms with Crippen molar-refractivity contribution in [3.63, 3.8) is 0 Å². The van der Waals surface area contributed by atoms with Crippen molar-refractivity contribution in [2.75, 3.05) is 26.4 Å². The van der Waals surface area contributed by atoms with Gasteiger partial charge in [0.1, 0.15) is 48.4 Å². The SMILES string of the molecule is CC.CC.CC.CC.CCC.CCC.Oc1ccccc1.Oc1ccccc1.c1ccc(OCC2CO2)cc1.c1ccc(OCC2CO2)cc1. The Kier molecular flexibility index (Phi) is 47.5. The average molecular weight is 697 g/mol. The third-order valence-electron chi connectivity index (χ3n) is 4.68. The predicted molar refractivity (Wildman–Crippen MR) is 217 cm³/mol. The Bertz CT molecular complexity index is 997. The second-order valence-corrected chi connectivity index (χ2v) is 9.24. The lowest BCUT2D eigenvalue weighted by Crippen LogP contribution is -2.03. The zero-order valence-electron chi connectivity index (χ0n) is 33.5. The molecule has 2 atom stereocenters. The summed E-state index contributed by atoms with van der Waals surface area (Å²) >= 11 is 0. The quantitative estimate of drug-likeness (QED) is 0.195. The molecule has 0 spiro atoms. The second kappa shape index (κ2) is 45.0. The Morgan fingerprint density at radius 1 is 0.440 bits per heavy atom. The van der Waals surface area contributed by atoms with Gasteiger partial charge in [-0.1, -0.05) is 169 Å². The predicted octanol–water partition coefficient (Wildman–Crippen LogP) is 12.7. The smallest absolute Gasteiger partial charge is 0.119 e. The van der Waals surface area contributed by atoms with Gasteiger partial charge in [-0.25, -0.2) is 0 Å². The summed E-state index contributed by atoms with van der Waals surface area (Å²) < 4.78 is 20.8. The number of rotatable bonds is 6. The van der Waals surface area contributed by atoms with E-state index in [-0.39, 0.29) is 0 Å². The van der Waals surface area contributed by atoms with Gasteiger partial charge in [0.2, 0.25) is 0 Å². The molecule has 2 fully saturated rings. The molecule has 6 heteroatoms. The lowest BCUT2D eigenvalue weighted by atomic mass is 10.3. The first-order valence-corrected chi connectivity index (χ1v) is 18.6. The highest BCUT2D eigenvalue weighted by Gasteiger charge is 2.23. The fraction of sp³-hybridized carbons (Fsp3) is 0.455. The molecule has 0 bridgehead atoms. The largest absolute Gasteiger partial charge is 0.508 e. The minimum Gasteiger partial charge on any atom is -0.508 e. The van der Waals surface area contributed by atoms with Crippen LogP contribution in [0.25, 0.3) is 0 Å². The molecule has 2 unspecified atom stereocenters. The van der Waals surface area contributed by atoms with Crippen LogP contribution in [-0.2, 0) is 9.47 Å². The molecule has 0 aromatic heterocycles. The van der Waals surface area contributed by atoms with Gasteiger partial charge in [0.15, 0.2) is 0 Å². The number of ether oxygens (including phenoxy) is 4. The number of hydrogen-bond donors (Lipinski definition) is 2. The van der Waals surface area contributed by atoms with E-state index in [1.165, 1.54) is 12.8 Å². The second-order valence-electron chi connectivity index (χ2n) is 9.24. The molecule has 6 nitrogen and oxygen atoms in total. The summed E-state index contributed by atoms with van der Waals surface area (Å²) in [7, 11) is 0. The third-order valence-corrected chi connectivity index (χ3v) is 4.68. The van der Waals surface area contributed by atoms with Crippen molar-refractivity contribution < 1.29 is 29.2 Å². The highest BCUT2D eigenvalue weighted by Crippen LogP contribution is 2.14. The van der Waals surface area contributed by atoms with Crippen molar-refractivity contribution in [2.24, 2.45) is 0 Å². The van der Waals surface area contributed by atoms with Crippen LogP contribution >= 0.6 is 0 Å². The van der Waals surface area contributed by atoms with Crippen LogP contribution in [0.4, 0.5) is 0 Å². The monoisotopic (exact) mass is 697 g/mol. The lowest BCUT2D eigenvalue weighted by molar-refractivity contribution is 0.263. The maximum Gasteiger partial charge on any atom is 0.119 e. The van der Waals surface area contributed by atoms with Gasteiger partial charge in [0.25, 0.3) is 0 Å². The number of hydrogen-bond acceptors (Lipinski definition) is 6. The highest BCUT2D eigenvalue weighted by atomic mass is 16.6. The summed E-state index contributed by atoms with van der Waals surface area (Å²) in [6, 6.07) is 37.0. The number of aromatic hydroxyl groups is 2. The zero-order valence-corrected chi connectivity index (χ0v) is 33.5. The van der Waals surface area contributed by atoms with Crippen LogP contribution in [0.5, 0.6) is 23.0 Å². The van der Waals surface area contributed by atoms with Gasteiger partial charge in [0.05, 0.1) is 13.2 Å². The normalized spacial score (nSPS) is 13.0. The van der Waals surface area contributed by atoms with E-state index in [9.17, 15) is 0 Å². The first-order chi connectivity index (χ1) is 24.5. The molecule has 2 heterocycles. The average Bonchev–Trinajstić information content (AvgIpc) is 4.13. The van der Waals surface area contributed by atoms with E-state index >= 15 is 0 Å². The fourth-order valence-electron chi connectivity index (χ4n) is 2.60. The van der Waals surface area contributed by atoms with Crippen LogP contribution in [0.15, 0.2) is 121 Å². The Labute approximate surface area is 307 Å². The Balaban J connectivity index is -0.000000255. The molecular formula is C44H72O6. The fourth-order valence-corrected chi connectivity index (χ4v) is 2.60. The van der Waals surface area contributed by atoms with Gasteiger partial charge >= 0.3 is 0 Å². The van der Waals surface area contributed by atoms with E-state index < -0.39 is 0 Å². The summed E-state index contributed by atoms with van der Waals surface area (Å²) in [6.07, 6.45) is 3.19. The Morgan fingerprint density at radius 3 is 0.800 bits per heavy atom. The van der Waals surface area contributed by atoms with Gasteiger partial charge < -0.3 is 29.2 Å². The van der Waals surface area contributed by atoms with Crippen LogP contribution in [0.2, 0.25) is 0 Å². The number of para-hydroxylation sites is 4. The number of phenols is 2. The van der Waals surface area contributed by atoms with Gasteiger partial charge in [-0.3, -0.25) is 0 Å². The maximum atomic E-state index is 8.63. The summed E-state index contributed by atoms with van der Waals surface area (Å²) in [5, 5.41) is 17.3. The summed E-state index contributed by atoms with van der Waals surface area (Å²) in [4.78, 5) is 0. The minimum atomic E-state index is 0.322. The molecule has 0 radical (unpaired) electrons. The van der Waals surface area contributed by atoms with Gasteiger partial charge in [0, 0.05) is 0 Å². The number of benzene rings is 4. The van der Waals surface area contributed by atoms with Gasteiger partial charge in [-0.15, -0.1) is 0 Å². The van der Waals surface area contributed by atoms with Crippen LogP contribution in [0.3, 0.4) is 0 Å². The van der Waals surface area contributed by atoms with Crippen molar-refractivity contribution in [3.05, 3.63) is 121 Å². The molecule has 284 valence electrons. The van der Waals surface area contributed by atoms with E-state index in [0.717, 1.165) is 24.7 Å². The lowest BCUT2D eigenvalue weighted by Gasteiger charge is -2.01. The standard InChI is InChI=1S/2C9H10O2.2C6H6O.2C3H8.4C2H6/c2*1-2-4-8(5-3-1)10-6-9-7-11-9;2*7-6-4-2-1-3-5-6;2*1-3-2;4*1-2/h2*1-5,9H,6-7H2;2*1-5,7H;2*3H2,1-2H3;4*1-2H3. The first kappa shape index (κ1) is 52.8. The van der Waals surface area contributed by atoms with E-state index in [1.807, 2.05) is 128 Å². The van der Waals surface area contributed by atoms with E-state index in [4.69, 9.17) is 29.2 Å². The van der Waals surface area contributed by atoms with Crippen LogP contribution < -0.4 is 9.47 Å². The molecule has 2 saturated heterocycles. The van der Waals surface area contributed by atoms with E-state index in [1.54, 1.807) is 48.5 Å². The first-order valence-electron chi connectivity index (χ1n) is 18.6. The molecule has 2 N–H and O–H groups in total. The maximum absolute atomic E-state index is 8.63. The summed E-state index contributed by atoms with van der Waals surface area (Å²) in [5.74, 6) is 2.48. The highest BCUT2D eigenvalue weighted by molar-refractivity contribution is 5.22. The van der Waals surface area contributed by atoms with Crippen molar-refractivity contribution in [2.45, 2.75) is 108 Å². The van der Waals surface area contributed by atoms with Crippen molar-refractivity contribution in [1.29, 1.82) is 0 Å². The third kappa shape index (κ3) is 42.0. The van der Waals surface area contributed by atoms with Gasteiger partial charge in [-0.2, -0.15) is 0 Å². The van der Waals surface area contributed by atoms with Crippen LogP contribution in [0.1, 0.15) is 95.9 Å². The topological polar surface area (TPSA) is 84.0 Å². The van der Waals surface area contributed by atoms with Crippen LogP contribution in [-0.4, -0.2) is 48.8 Å². The minimum absolute atomic E-state index is 0.322. The van der Waals surface area contributed by atoms with Crippen molar-refractivity contribution in [1.82, 2.24) is 0 Å². The molecule has 4 aromatic rings. The summed E-state index contributed by atoms with van der Waals surface area (Å²) in [5.41, 5.74) is 0. The molecule has 0 aliphatic carbocycles.